The van der Waals surface area contributed by atoms with Crippen molar-refractivity contribution in [3.05, 3.63) is 58.8 Å². The molecule has 18 heavy (non-hydrogen) atoms. The Bertz CT molecular complexity index is 520. The number of hydrogen-bond donors (Lipinski definition) is 1. The first-order valence-corrected chi connectivity index (χ1v) is 5.76. The van der Waals surface area contributed by atoms with Crippen LogP contribution in [-0.4, -0.2) is 5.91 Å². The van der Waals surface area contributed by atoms with Crippen LogP contribution in [0.3, 0.4) is 0 Å². The quantitative estimate of drug-likeness (QED) is 0.925. The first-order valence-electron chi connectivity index (χ1n) is 5.39. The van der Waals surface area contributed by atoms with Gasteiger partial charge in [-0.25, -0.2) is 4.39 Å². The summed E-state index contributed by atoms with van der Waals surface area (Å²) in [6.45, 7) is 0.276. The van der Waals surface area contributed by atoms with E-state index in [1.165, 1.54) is 18.4 Å². The molecule has 0 saturated heterocycles. The zero-order valence-corrected chi connectivity index (χ0v) is 10.2. The van der Waals surface area contributed by atoms with Crippen molar-refractivity contribution in [3.63, 3.8) is 0 Å². The van der Waals surface area contributed by atoms with E-state index in [4.69, 9.17) is 16.0 Å². The van der Waals surface area contributed by atoms with Crippen LogP contribution in [0.2, 0.25) is 5.02 Å². The summed E-state index contributed by atoms with van der Waals surface area (Å²) in [7, 11) is 0. The Kier molecular flexibility index (Phi) is 3.99. The lowest BCUT2D eigenvalue weighted by molar-refractivity contribution is -0.120. The molecule has 0 spiro atoms. The molecular weight excluding hydrogens is 257 g/mol. The van der Waals surface area contributed by atoms with E-state index in [-0.39, 0.29) is 29.5 Å². The highest BCUT2D eigenvalue weighted by molar-refractivity contribution is 6.31. The molecule has 0 radical (unpaired) electrons. The largest absolute Gasteiger partial charge is 0.467 e. The van der Waals surface area contributed by atoms with E-state index in [0.717, 1.165) is 0 Å². The molecule has 2 aromatic rings. The summed E-state index contributed by atoms with van der Waals surface area (Å²) in [5.74, 6) is -0.142. The van der Waals surface area contributed by atoms with Gasteiger partial charge in [0.1, 0.15) is 11.6 Å². The maximum Gasteiger partial charge on any atom is 0.224 e. The molecule has 1 N–H and O–H groups in total. The van der Waals surface area contributed by atoms with Crippen molar-refractivity contribution in [2.24, 2.45) is 0 Å². The first-order chi connectivity index (χ1) is 8.66. The average molecular weight is 268 g/mol. The predicted octanol–water partition coefficient (Wildman–Crippen LogP) is 2.93. The Morgan fingerprint density at radius 3 is 2.83 bits per heavy atom. The maximum atomic E-state index is 13.4. The van der Waals surface area contributed by atoms with Gasteiger partial charge in [-0.2, -0.15) is 0 Å². The summed E-state index contributed by atoms with van der Waals surface area (Å²) in [6.07, 6.45) is 1.43. The van der Waals surface area contributed by atoms with Crippen LogP contribution in [0.25, 0.3) is 0 Å². The number of hydrogen-bond acceptors (Lipinski definition) is 2. The van der Waals surface area contributed by atoms with Crippen LogP contribution in [0.1, 0.15) is 11.3 Å². The summed E-state index contributed by atoms with van der Waals surface area (Å²) in [6, 6.07) is 7.81. The fourth-order valence-electron chi connectivity index (χ4n) is 1.52. The Labute approximate surface area is 109 Å². The molecule has 3 nitrogen and oxygen atoms in total. The average Bonchev–Trinajstić information content (AvgIpc) is 2.84. The van der Waals surface area contributed by atoms with E-state index in [1.54, 1.807) is 18.2 Å². The number of rotatable bonds is 4. The molecule has 2 rings (SSSR count). The van der Waals surface area contributed by atoms with Gasteiger partial charge >= 0.3 is 0 Å². The fourth-order valence-corrected chi connectivity index (χ4v) is 1.75. The van der Waals surface area contributed by atoms with E-state index in [0.29, 0.717) is 5.76 Å². The van der Waals surface area contributed by atoms with Gasteiger partial charge in [0.2, 0.25) is 5.91 Å². The normalized spacial score (nSPS) is 10.3. The van der Waals surface area contributed by atoms with E-state index in [9.17, 15) is 9.18 Å². The molecule has 1 heterocycles. The van der Waals surface area contributed by atoms with Crippen LogP contribution in [0.5, 0.6) is 0 Å². The molecule has 0 saturated carbocycles. The number of furan rings is 1. The van der Waals surface area contributed by atoms with E-state index in [1.807, 2.05) is 0 Å². The van der Waals surface area contributed by atoms with Gasteiger partial charge in [0.25, 0.3) is 0 Å². The van der Waals surface area contributed by atoms with Crippen LogP contribution in [0.4, 0.5) is 4.39 Å². The second-order valence-electron chi connectivity index (χ2n) is 3.73. The Morgan fingerprint density at radius 1 is 1.33 bits per heavy atom. The molecular formula is C13H11ClFNO2. The van der Waals surface area contributed by atoms with Gasteiger partial charge in [0.05, 0.1) is 19.2 Å². The topological polar surface area (TPSA) is 42.2 Å². The number of halogens is 2. The van der Waals surface area contributed by atoms with Crippen molar-refractivity contribution >= 4 is 17.5 Å². The lowest BCUT2D eigenvalue weighted by Gasteiger charge is -2.06. The van der Waals surface area contributed by atoms with Gasteiger partial charge < -0.3 is 9.73 Å². The summed E-state index contributed by atoms with van der Waals surface area (Å²) in [5.41, 5.74) is 0.205. The van der Waals surface area contributed by atoms with Crippen LogP contribution in [-0.2, 0) is 17.8 Å². The molecule has 1 amide bonds. The molecule has 0 fully saturated rings. The highest BCUT2D eigenvalue weighted by Crippen LogP contribution is 2.19. The molecule has 94 valence electrons. The highest BCUT2D eigenvalue weighted by Gasteiger charge is 2.11. The standard InChI is InChI=1S/C13H11ClFNO2/c14-11-4-1-5-12(15)10(11)7-13(17)16-8-9-3-2-6-18-9/h1-6H,7-8H2,(H,16,17). The van der Waals surface area contributed by atoms with Gasteiger partial charge in [-0.3, -0.25) is 4.79 Å². The van der Waals surface area contributed by atoms with Gasteiger partial charge in [0.15, 0.2) is 0 Å². The van der Waals surface area contributed by atoms with E-state index >= 15 is 0 Å². The molecule has 1 aromatic carbocycles. The second-order valence-corrected chi connectivity index (χ2v) is 4.14. The minimum absolute atomic E-state index is 0.0911. The van der Waals surface area contributed by atoms with Crippen LogP contribution in [0, 0.1) is 5.82 Å². The van der Waals surface area contributed by atoms with Gasteiger partial charge in [-0.05, 0) is 24.3 Å². The van der Waals surface area contributed by atoms with Crippen LogP contribution >= 0.6 is 11.6 Å². The Hall–Kier alpha value is -1.81. The molecule has 5 heteroatoms. The maximum absolute atomic E-state index is 13.4. The molecule has 0 bridgehead atoms. The lowest BCUT2D eigenvalue weighted by Crippen LogP contribution is -2.24. The van der Waals surface area contributed by atoms with Gasteiger partial charge in [-0.15, -0.1) is 0 Å². The Morgan fingerprint density at radius 2 is 2.17 bits per heavy atom. The number of carbonyl (C=O) groups excluding carboxylic acids is 1. The van der Waals surface area contributed by atoms with Crippen molar-refractivity contribution in [1.29, 1.82) is 0 Å². The van der Waals surface area contributed by atoms with Gasteiger partial charge in [0, 0.05) is 10.6 Å². The third kappa shape index (κ3) is 3.11. The van der Waals surface area contributed by atoms with Crippen LogP contribution < -0.4 is 5.32 Å². The number of benzene rings is 1. The summed E-state index contributed by atoms with van der Waals surface area (Å²) >= 11 is 5.83. The molecule has 0 unspecified atom stereocenters. The van der Waals surface area contributed by atoms with Gasteiger partial charge in [-0.1, -0.05) is 17.7 Å². The monoisotopic (exact) mass is 267 g/mol. The fraction of sp³-hybridized carbons (Fsp3) is 0.154. The minimum atomic E-state index is -0.476. The summed E-state index contributed by atoms with van der Waals surface area (Å²) < 4.78 is 18.5. The molecule has 1 aromatic heterocycles. The molecule has 0 aliphatic heterocycles. The Balaban J connectivity index is 1.95. The highest BCUT2D eigenvalue weighted by atomic mass is 35.5. The molecule has 0 aliphatic carbocycles. The number of amides is 1. The van der Waals surface area contributed by atoms with Crippen molar-refractivity contribution in [1.82, 2.24) is 5.32 Å². The van der Waals surface area contributed by atoms with Crippen molar-refractivity contribution < 1.29 is 13.6 Å². The number of carbonyl (C=O) groups is 1. The zero-order valence-electron chi connectivity index (χ0n) is 9.45. The van der Waals surface area contributed by atoms with E-state index < -0.39 is 5.82 Å². The van der Waals surface area contributed by atoms with Crippen molar-refractivity contribution in [2.75, 3.05) is 0 Å². The number of nitrogens with one attached hydrogen (secondary N) is 1. The first kappa shape index (κ1) is 12.6. The molecule has 0 aliphatic rings. The third-order valence-corrected chi connectivity index (χ3v) is 2.79. The third-order valence-electron chi connectivity index (χ3n) is 2.44. The lowest BCUT2D eigenvalue weighted by atomic mass is 10.1. The zero-order chi connectivity index (χ0) is 13.0. The van der Waals surface area contributed by atoms with E-state index in [2.05, 4.69) is 5.32 Å². The predicted molar refractivity (Wildman–Crippen MR) is 65.7 cm³/mol. The molecule has 0 atom stereocenters. The minimum Gasteiger partial charge on any atom is -0.467 e. The second kappa shape index (κ2) is 5.69. The smallest absolute Gasteiger partial charge is 0.224 e. The van der Waals surface area contributed by atoms with Crippen LogP contribution in [0.15, 0.2) is 41.0 Å². The summed E-state index contributed by atoms with van der Waals surface area (Å²) in [4.78, 5) is 11.6. The SMILES string of the molecule is O=C(Cc1c(F)cccc1Cl)NCc1ccco1. The van der Waals surface area contributed by atoms with Crippen molar-refractivity contribution in [2.45, 2.75) is 13.0 Å². The van der Waals surface area contributed by atoms with Crippen molar-refractivity contribution in [3.8, 4) is 0 Å². The summed E-state index contributed by atoms with van der Waals surface area (Å²) in [5, 5.41) is 2.88.